The Kier molecular flexibility index (Phi) is 11.0. The van der Waals surface area contributed by atoms with E-state index in [4.69, 9.17) is 0 Å². The van der Waals surface area contributed by atoms with E-state index in [1.807, 2.05) is 0 Å². The lowest BCUT2D eigenvalue weighted by atomic mass is 10.0. The third kappa shape index (κ3) is 11.5. The highest BCUT2D eigenvalue weighted by atomic mass is 19.4. The van der Waals surface area contributed by atoms with Gasteiger partial charge < -0.3 is 10.6 Å². The Morgan fingerprint density at radius 3 is 2.05 bits per heavy atom. The highest BCUT2D eigenvalue weighted by Crippen LogP contribution is 2.36. The summed E-state index contributed by atoms with van der Waals surface area (Å²) in [6.07, 6.45) is -18.6. The number of imide groups is 1. The van der Waals surface area contributed by atoms with E-state index in [2.05, 4.69) is 5.10 Å². The molecule has 44 heavy (non-hydrogen) atoms. The molecule has 0 fully saturated rings. The molecule has 4 N–H and O–H groups in total. The van der Waals surface area contributed by atoms with Crippen LogP contribution in [-0.4, -0.2) is 43.1 Å². The first kappa shape index (κ1) is 35.4. The lowest BCUT2D eigenvalue weighted by Crippen LogP contribution is -2.46. The van der Waals surface area contributed by atoms with Gasteiger partial charge in [-0.15, -0.1) is 0 Å². The topological polar surface area (TPSA) is 112 Å². The van der Waals surface area contributed by atoms with Gasteiger partial charge in [0.05, 0.1) is 17.3 Å². The summed E-state index contributed by atoms with van der Waals surface area (Å²) >= 11 is 0. The van der Waals surface area contributed by atoms with Gasteiger partial charge >= 0.3 is 36.8 Å². The number of alkyl halides is 12. The van der Waals surface area contributed by atoms with E-state index in [0.717, 1.165) is 12.1 Å². The van der Waals surface area contributed by atoms with Gasteiger partial charge in [-0.25, -0.2) is 15.0 Å². The van der Waals surface area contributed by atoms with E-state index in [9.17, 15) is 67.1 Å². The summed E-state index contributed by atoms with van der Waals surface area (Å²) in [5, 5.41) is 7.23. The fraction of sp³-hybridized carbons (Fsp3) is 0.250. The second-order valence-corrected chi connectivity index (χ2v) is 8.41. The average molecular weight is 651 g/mol. The summed E-state index contributed by atoms with van der Waals surface area (Å²) in [7, 11) is 0. The van der Waals surface area contributed by atoms with E-state index in [1.165, 1.54) is 21.4 Å². The molecule has 1 atom stereocenters. The third-order valence-electron chi connectivity index (χ3n) is 5.02. The smallest absolute Gasteiger partial charge is 0.337 e. The number of benzene rings is 2. The van der Waals surface area contributed by atoms with Crippen molar-refractivity contribution in [1.29, 1.82) is 0 Å². The van der Waals surface area contributed by atoms with Crippen LogP contribution in [-0.2, 0) is 17.1 Å². The van der Waals surface area contributed by atoms with Gasteiger partial charge in [0.2, 0.25) is 5.91 Å². The van der Waals surface area contributed by atoms with Crippen molar-refractivity contribution in [3.63, 3.8) is 0 Å². The number of carbonyl (C=O) groups excluding carboxylic acids is 3. The van der Waals surface area contributed by atoms with Gasteiger partial charge in [-0.05, 0) is 35.4 Å². The van der Waals surface area contributed by atoms with Gasteiger partial charge in [0.15, 0.2) is 6.04 Å². The zero-order chi connectivity index (χ0) is 33.5. The molecule has 0 heterocycles. The minimum atomic E-state index is -5.25. The molecule has 1 unspecified atom stereocenters. The molecule has 8 nitrogen and oxygen atoms in total. The Morgan fingerprint density at radius 2 is 1.48 bits per heavy atom. The molecule has 2 aromatic rings. The Balaban J connectivity index is 2.17. The molecule has 0 aliphatic carbocycles. The fourth-order valence-corrected chi connectivity index (χ4v) is 3.16. The highest BCUT2D eigenvalue weighted by Gasteiger charge is 2.43. The van der Waals surface area contributed by atoms with Crippen LogP contribution in [0.25, 0.3) is 6.08 Å². The molecule has 0 spiro atoms. The van der Waals surface area contributed by atoms with Gasteiger partial charge in [-0.3, -0.25) is 10.1 Å². The van der Waals surface area contributed by atoms with Gasteiger partial charge in [-0.2, -0.15) is 57.8 Å². The summed E-state index contributed by atoms with van der Waals surface area (Å²) in [4.78, 5) is 34.8. The standard InChI is InChI=1S/C24H17F12N5O3/c25-21(26,27)11-37-19(43)40-20(44)41-38-10-14-6-4-12(8-16(14)23(31,32)33)5-7-17(42)39-18(24(34,35)36)13-2-1-3-15(9-13)22(28,29)30/h1-10,18H,11H2,(H,39,42)(H3,37,40,41,43,44)/b7-5+,38-10+. The molecule has 0 saturated carbocycles. The summed E-state index contributed by atoms with van der Waals surface area (Å²) < 4.78 is 156. The van der Waals surface area contributed by atoms with Gasteiger partial charge in [-0.1, -0.05) is 24.3 Å². The van der Waals surface area contributed by atoms with Crippen molar-refractivity contribution in [1.82, 2.24) is 21.4 Å². The van der Waals surface area contributed by atoms with E-state index in [-0.39, 0.29) is 11.6 Å². The van der Waals surface area contributed by atoms with Crippen LogP contribution in [0.3, 0.4) is 0 Å². The van der Waals surface area contributed by atoms with Crippen molar-refractivity contribution in [3.8, 4) is 0 Å². The molecule has 20 heteroatoms. The first-order chi connectivity index (χ1) is 20.1. The maximum absolute atomic E-state index is 13.6. The van der Waals surface area contributed by atoms with Crippen LogP contribution in [0.2, 0.25) is 0 Å². The van der Waals surface area contributed by atoms with E-state index < -0.39 is 77.5 Å². The SMILES string of the molecule is O=C(/C=C/c1ccc(/C=N/NC(=O)NC(=O)NCC(F)(F)F)c(C(F)(F)F)c1)NC(c1cccc(C(F)(F)F)c1)C(F)(F)F. The van der Waals surface area contributed by atoms with Gasteiger partial charge in [0, 0.05) is 11.6 Å². The molecule has 0 aliphatic rings. The number of nitrogens with one attached hydrogen (secondary N) is 4. The van der Waals surface area contributed by atoms with Crippen molar-refractivity contribution >= 4 is 30.3 Å². The van der Waals surface area contributed by atoms with Crippen LogP contribution < -0.4 is 21.4 Å². The normalized spacial score (nSPS) is 13.5. The first-order valence-electron chi connectivity index (χ1n) is 11.4. The second kappa shape index (κ2) is 13.7. The Morgan fingerprint density at radius 1 is 0.818 bits per heavy atom. The number of rotatable bonds is 7. The maximum Gasteiger partial charge on any atom is 0.417 e. The lowest BCUT2D eigenvalue weighted by Gasteiger charge is -2.22. The van der Waals surface area contributed by atoms with Crippen molar-refractivity contribution in [2.75, 3.05) is 6.54 Å². The quantitative estimate of drug-likeness (QED) is 0.126. The molecule has 0 saturated heterocycles. The minimum absolute atomic E-state index is 0.180. The molecule has 0 aromatic heterocycles. The molecule has 2 rings (SSSR count). The van der Waals surface area contributed by atoms with Gasteiger partial charge in [0.25, 0.3) is 0 Å². The van der Waals surface area contributed by atoms with Crippen LogP contribution >= 0.6 is 0 Å². The Labute approximate surface area is 238 Å². The van der Waals surface area contributed by atoms with Crippen LogP contribution in [0.4, 0.5) is 62.3 Å². The second-order valence-electron chi connectivity index (χ2n) is 8.41. The lowest BCUT2D eigenvalue weighted by molar-refractivity contribution is -0.162. The zero-order valence-corrected chi connectivity index (χ0v) is 21.3. The maximum atomic E-state index is 13.6. The van der Waals surface area contributed by atoms with E-state index in [0.29, 0.717) is 42.6 Å². The molecule has 0 aliphatic heterocycles. The van der Waals surface area contributed by atoms with Crippen molar-refractivity contribution in [2.24, 2.45) is 5.10 Å². The van der Waals surface area contributed by atoms with Crippen LogP contribution in [0.1, 0.15) is 33.9 Å². The van der Waals surface area contributed by atoms with Crippen LogP contribution in [0.15, 0.2) is 53.6 Å². The number of carbonyl (C=O) groups is 3. The van der Waals surface area contributed by atoms with Crippen LogP contribution in [0.5, 0.6) is 0 Å². The number of urea groups is 2. The summed E-state index contributed by atoms with van der Waals surface area (Å²) in [5.74, 6) is -1.52. The largest absolute Gasteiger partial charge is 0.417 e. The third-order valence-corrected chi connectivity index (χ3v) is 5.02. The molecule has 2 aromatic carbocycles. The molecule has 0 radical (unpaired) electrons. The number of hydrogen-bond donors (Lipinski definition) is 4. The first-order valence-corrected chi connectivity index (χ1v) is 11.4. The summed E-state index contributed by atoms with van der Waals surface area (Å²) in [6, 6.07) is -1.79. The highest BCUT2D eigenvalue weighted by molar-refractivity contribution is 5.94. The predicted octanol–water partition coefficient (Wildman–Crippen LogP) is 6.06. The monoisotopic (exact) mass is 651 g/mol. The number of amides is 5. The zero-order valence-electron chi connectivity index (χ0n) is 21.3. The van der Waals surface area contributed by atoms with Crippen molar-refractivity contribution < 1.29 is 67.1 Å². The van der Waals surface area contributed by atoms with E-state index >= 15 is 0 Å². The van der Waals surface area contributed by atoms with Crippen molar-refractivity contribution in [2.45, 2.75) is 30.7 Å². The fourth-order valence-electron chi connectivity index (χ4n) is 3.16. The minimum Gasteiger partial charge on any atom is -0.337 e. The van der Waals surface area contributed by atoms with Crippen molar-refractivity contribution in [3.05, 3.63) is 76.4 Å². The number of hydrogen-bond acceptors (Lipinski definition) is 4. The van der Waals surface area contributed by atoms with E-state index in [1.54, 1.807) is 0 Å². The molecule has 0 bridgehead atoms. The Bertz CT molecular complexity index is 1410. The Hall–Kier alpha value is -4.78. The average Bonchev–Trinajstić information content (AvgIpc) is 2.87. The number of halogens is 12. The van der Waals surface area contributed by atoms with Crippen LogP contribution in [0, 0.1) is 0 Å². The number of nitrogens with zero attached hydrogens (tertiary/aromatic N) is 1. The van der Waals surface area contributed by atoms with Gasteiger partial charge in [0.1, 0.15) is 6.54 Å². The number of hydrazone groups is 1. The predicted molar refractivity (Wildman–Crippen MR) is 128 cm³/mol. The molecule has 240 valence electrons. The molecular formula is C24H17F12N5O3. The summed E-state index contributed by atoms with van der Waals surface area (Å²) in [6.45, 7) is -1.79. The summed E-state index contributed by atoms with van der Waals surface area (Å²) in [5.41, 5.74) is -3.34. The molecule has 5 amide bonds. The molecular weight excluding hydrogens is 634 g/mol.